The summed E-state index contributed by atoms with van der Waals surface area (Å²) in [4.78, 5) is 12.1. The maximum Gasteiger partial charge on any atom is 0.251 e. The molecule has 2 unspecified atom stereocenters. The summed E-state index contributed by atoms with van der Waals surface area (Å²) in [5, 5.41) is 3.04. The highest BCUT2D eigenvalue weighted by Gasteiger charge is 2.24. The Hall–Kier alpha value is -1.55. The molecule has 1 aliphatic rings. The second-order valence-electron chi connectivity index (χ2n) is 5.48. The van der Waals surface area contributed by atoms with Gasteiger partial charge in [0.1, 0.15) is 5.75 Å². The minimum Gasteiger partial charge on any atom is -0.497 e. The summed E-state index contributed by atoms with van der Waals surface area (Å²) in [5.74, 6) is 1.82. The molecule has 4 nitrogen and oxygen atoms in total. The Kier molecular flexibility index (Phi) is 5.41. The van der Waals surface area contributed by atoms with E-state index in [1.54, 1.807) is 31.4 Å². The molecule has 4 heteroatoms. The number of hydrogen-bond donors (Lipinski definition) is 2. The molecule has 1 fully saturated rings. The predicted octanol–water partition coefficient (Wildman–Crippen LogP) is 2.19. The molecule has 2 rings (SSSR count). The van der Waals surface area contributed by atoms with E-state index in [2.05, 4.69) is 5.32 Å². The third-order valence-electron chi connectivity index (χ3n) is 4.25. The number of rotatable bonds is 5. The zero-order valence-corrected chi connectivity index (χ0v) is 12.1. The van der Waals surface area contributed by atoms with Crippen molar-refractivity contribution in [3.63, 3.8) is 0 Å². The van der Waals surface area contributed by atoms with Crippen LogP contribution in [0.2, 0.25) is 0 Å². The molecule has 0 radical (unpaired) electrons. The summed E-state index contributed by atoms with van der Waals surface area (Å²) in [6.45, 7) is 1.45. The number of methoxy groups -OCH3 is 1. The molecule has 1 saturated carbocycles. The molecular weight excluding hydrogens is 252 g/mol. The van der Waals surface area contributed by atoms with Gasteiger partial charge in [0.25, 0.3) is 5.91 Å². The van der Waals surface area contributed by atoms with Gasteiger partial charge in [0, 0.05) is 12.1 Å². The molecule has 1 aromatic rings. The molecule has 1 aliphatic carbocycles. The van der Waals surface area contributed by atoms with Gasteiger partial charge < -0.3 is 15.8 Å². The number of nitrogens with one attached hydrogen (secondary N) is 1. The van der Waals surface area contributed by atoms with E-state index in [4.69, 9.17) is 10.5 Å². The molecule has 0 saturated heterocycles. The first-order valence-electron chi connectivity index (χ1n) is 7.37. The monoisotopic (exact) mass is 276 g/mol. The molecule has 0 aliphatic heterocycles. The maximum atomic E-state index is 12.1. The lowest BCUT2D eigenvalue weighted by Gasteiger charge is -2.30. The molecule has 3 N–H and O–H groups in total. The van der Waals surface area contributed by atoms with Crippen molar-refractivity contribution < 1.29 is 9.53 Å². The van der Waals surface area contributed by atoms with Gasteiger partial charge in [-0.25, -0.2) is 0 Å². The third kappa shape index (κ3) is 3.73. The Morgan fingerprint density at radius 2 is 1.90 bits per heavy atom. The number of benzene rings is 1. The minimum absolute atomic E-state index is 0.0194. The van der Waals surface area contributed by atoms with Gasteiger partial charge in [-0.05, 0) is 55.5 Å². The largest absolute Gasteiger partial charge is 0.497 e. The van der Waals surface area contributed by atoms with Crippen LogP contribution in [0.5, 0.6) is 5.75 Å². The highest BCUT2D eigenvalue weighted by molar-refractivity contribution is 5.94. The first-order valence-corrected chi connectivity index (χ1v) is 7.37. The number of ether oxygens (including phenoxy) is 1. The lowest BCUT2D eigenvalue weighted by molar-refractivity contribution is 0.0935. The summed E-state index contributed by atoms with van der Waals surface area (Å²) in [6.07, 6.45) is 4.88. The highest BCUT2D eigenvalue weighted by atomic mass is 16.5. The van der Waals surface area contributed by atoms with Crippen LogP contribution in [0.1, 0.15) is 36.0 Å². The van der Waals surface area contributed by atoms with Crippen LogP contribution in [0.3, 0.4) is 0 Å². The number of carbonyl (C=O) groups excluding carboxylic acids is 1. The van der Waals surface area contributed by atoms with Crippen molar-refractivity contribution in [2.75, 3.05) is 20.2 Å². The van der Waals surface area contributed by atoms with E-state index in [0.29, 0.717) is 17.4 Å². The van der Waals surface area contributed by atoms with Crippen molar-refractivity contribution in [2.24, 2.45) is 17.6 Å². The van der Waals surface area contributed by atoms with Gasteiger partial charge in [-0.3, -0.25) is 4.79 Å². The molecule has 0 aromatic heterocycles. The quantitative estimate of drug-likeness (QED) is 0.866. The predicted molar refractivity (Wildman–Crippen MR) is 79.8 cm³/mol. The van der Waals surface area contributed by atoms with Crippen molar-refractivity contribution in [2.45, 2.75) is 25.7 Å². The summed E-state index contributed by atoms with van der Waals surface area (Å²) < 4.78 is 5.09. The van der Waals surface area contributed by atoms with Crippen LogP contribution in [-0.2, 0) is 0 Å². The molecule has 1 aromatic carbocycles. The van der Waals surface area contributed by atoms with Crippen LogP contribution in [0.15, 0.2) is 24.3 Å². The van der Waals surface area contributed by atoms with E-state index in [9.17, 15) is 4.79 Å². The summed E-state index contributed by atoms with van der Waals surface area (Å²) in [5.41, 5.74) is 6.49. The van der Waals surface area contributed by atoms with E-state index < -0.39 is 0 Å². The van der Waals surface area contributed by atoms with Crippen molar-refractivity contribution >= 4 is 5.91 Å². The Morgan fingerprint density at radius 3 is 2.50 bits per heavy atom. The fourth-order valence-corrected chi connectivity index (χ4v) is 2.93. The van der Waals surface area contributed by atoms with E-state index in [0.717, 1.165) is 18.8 Å². The Balaban J connectivity index is 1.87. The zero-order chi connectivity index (χ0) is 14.4. The second kappa shape index (κ2) is 7.29. The average molecular weight is 276 g/mol. The lowest BCUT2D eigenvalue weighted by atomic mass is 9.79. The third-order valence-corrected chi connectivity index (χ3v) is 4.25. The van der Waals surface area contributed by atoms with Crippen LogP contribution >= 0.6 is 0 Å². The molecule has 110 valence electrons. The fraction of sp³-hybridized carbons (Fsp3) is 0.562. The van der Waals surface area contributed by atoms with Gasteiger partial charge in [-0.1, -0.05) is 12.8 Å². The Bertz CT molecular complexity index is 431. The topological polar surface area (TPSA) is 64.3 Å². The molecule has 2 atom stereocenters. The van der Waals surface area contributed by atoms with Crippen molar-refractivity contribution in [1.29, 1.82) is 0 Å². The van der Waals surface area contributed by atoms with Crippen molar-refractivity contribution in [1.82, 2.24) is 5.32 Å². The van der Waals surface area contributed by atoms with Crippen LogP contribution in [-0.4, -0.2) is 26.1 Å². The number of hydrogen-bond acceptors (Lipinski definition) is 3. The van der Waals surface area contributed by atoms with Gasteiger partial charge in [-0.15, -0.1) is 0 Å². The van der Waals surface area contributed by atoms with E-state index in [1.165, 1.54) is 25.7 Å². The van der Waals surface area contributed by atoms with Gasteiger partial charge in [0.05, 0.1) is 7.11 Å². The highest BCUT2D eigenvalue weighted by Crippen LogP contribution is 2.28. The number of amides is 1. The summed E-state index contributed by atoms with van der Waals surface area (Å²) in [6, 6.07) is 7.18. The van der Waals surface area contributed by atoms with Gasteiger partial charge in [0.2, 0.25) is 0 Å². The van der Waals surface area contributed by atoms with Crippen molar-refractivity contribution in [3.8, 4) is 5.75 Å². The zero-order valence-electron chi connectivity index (χ0n) is 12.1. The molecule has 1 amide bonds. The summed E-state index contributed by atoms with van der Waals surface area (Å²) >= 11 is 0. The first kappa shape index (κ1) is 14.9. The standard InChI is InChI=1S/C16H24N2O2/c1-20-15-8-6-12(7-9-15)16(19)18-11-14-5-3-2-4-13(14)10-17/h6-9,13-14H,2-5,10-11,17H2,1H3,(H,18,19). The van der Waals surface area contributed by atoms with Crippen LogP contribution in [0, 0.1) is 11.8 Å². The van der Waals surface area contributed by atoms with Crippen LogP contribution in [0.25, 0.3) is 0 Å². The van der Waals surface area contributed by atoms with E-state index in [1.807, 2.05) is 0 Å². The molecule has 0 heterocycles. The fourth-order valence-electron chi connectivity index (χ4n) is 2.93. The molecular formula is C16H24N2O2. The molecule has 0 bridgehead atoms. The Morgan fingerprint density at radius 1 is 1.25 bits per heavy atom. The smallest absolute Gasteiger partial charge is 0.251 e. The van der Waals surface area contributed by atoms with Crippen LogP contribution < -0.4 is 15.8 Å². The molecule has 20 heavy (non-hydrogen) atoms. The number of carbonyl (C=O) groups is 1. The average Bonchev–Trinajstić information content (AvgIpc) is 2.53. The summed E-state index contributed by atoms with van der Waals surface area (Å²) in [7, 11) is 1.62. The number of nitrogens with two attached hydrogens (primary N) is 1. The van der Waals surface area contributed by atoms with Gasteiger partial charge >= 0.3 is 0 Å². The SMILES string of the molecule is COc1ccc(C(=O)NCC2CCCCC2CN)cc1. The Labute approximate surface area is 120 Å². The van der Waals surface area contributed by atoms with Gasteiger partial charge in [-0.2, -0.15) is 0 Å². The van der Waals surface area contributed by atoms with E-state index in [-0.39, 0.29) is 5.91 Å². The molecule has 0 spiro atoms. The first-order chi connectivity index (χ1) is 9.74. The van der Waals surface area contributed by atoms with E-state index >= 15 is 0 Å². The maximum absolute atomic E-state index is 12.1. The van der Waals surface area contributed by atoms with Crippen molar-refractivity contribution in [3.05, 3.63) is 29.8 Å². The lowest BCUT2D eigenvalue weighted by Crippen LogP contribution is -2.36. The van der Waals surface area contributed by atoms with Crippen LogP contribution in [0.4, 0.5) is 0 Å². The van der Waals surface area contributed by atoms with Gasteiger partial charge in [0.15, 0.2) is 0 Å². The second-order valence-corrected chi connectivity index (χ2v) is 5.48. The normalized spacial score (nSPS) is 22.3. The minimum atomic E-state index is -0.0194.